The maximum atomic E-state index is 5.21. The largest absolute Gasteiger partial charge is 0.246 e. The van der Waals surface area contributed by atoms with E-state index in [0.717, 1.165) is 55.4 Å². The van der Waals surface area contributed by atoms with Crippen LogP contribution in [-0.4, -0.2) is 9.97 Å². The van der Waals surface area contributed by atoms with Crippen LogP contribution in [0.2, 0.25) is 0 Å². The van der Waals surface area contributed by atoms with Gasteiger partial charge in [0.2, 0.25) is 0 Å². The molecule has 4 heterocycles. The number of thiophene rings is 2. The summed E-state index contributed by atoms with van der Waals surface area (Å²) >= 11 is 3.44. The zero-order valence-electron chi connectivity index (χ0n) is 21.6. The fourth-order valence-corrected chi connectivity index (χ4v) is 6.24. The maximum absolute atomic E-state index is 5.21. The summed E-state index contributed by atoms with van der Waals surface area (Å²) in [7, 11) is 0. The molecular formula is C36H24N2S2. The molecule has 0 aliphatic heterocycles. The average molecular weight is 549 g/mol. The van der Waals surface area contributed by atoms with Crippen molar-refractivity contribution >= 4 is 68.8 Å². The van der Waals surface area contributed by atoms with Crippen molar-refractivity contribution < 1.29 is 0 Å². The molecule has 190 valence electrons. The van der Waals surface area contributed by atoms with Crippen LogP contribution in [-0.2, 0) is 0 Å². The van der Waals surface area contributed by atoms with Gasteiger partial charge in [-0.15, -0.1) is 22.7 Å². The fraction of sp³-hybridized carbons (Fsp3) is 0. The number of hydrogen-bond acceptors (Lipinski definition) is 4. The molecule has 0 unspecified atom stereocenters. The summed E-state index contributed by atoms with van der Waals surface area (Å²) in [6.45, 7) is 0. The molecule has 0 atom stereocenters. The zero-order chi connectivity index (χ0) is 26.7. The highest BCUT2D eigenvalue weighted by Gasteiger charge is 2.15. The first-order chi connectivity index (χ1) is 19.8. The molecule has 7 aromatic rings. The zero-order valence-corrected chi connectivity index (χ0v) is 23.2. The summed E-state index contributed by atoms with van der Waals surface area (Å²) in [4.78, 5) is 12.8. The third-order valence-corrected chi connectivity index (χ3v) is 8.57. The number of aromatic nitrogens is 2. The quantitative estimate of drug-likeness (QED) is 0.193. The van der Waals surface area contributed by atoms with Crippen LogP contribution in [0.4, 0.5) is 0 Å². The minimum atomic E-state index is 0.910. The SMILES string of the molecule is C(=C\c1cccs1)/c1cc(-c2ccccc2)c2ccc3c(-c4ccccc4)cc(/C=C/c4cccs4)nc3c2n1. The molecule has 0 radical (unpaired) electrons. The molecule has 0 N–H and O–H groups in total. The Labute approximate surface area is 241 Å². The summed E-state index contributed by atoms with van der Waals surface area (Å²) in [5.41, 5.74) is 8.28. The molecule has 0 amide bonds. The number of rotatable bonds is 6. The lowest BCUT2D eigenvalue weighted by molar-refractivity contribution is 1.34. The smallest absolute Gasteiger partial charge is 0.0978 e. The third-order valence-electron chi connectivity index (χ3n) is 6.89. The van der Waals surface area contributed by atoms with Crippen molar-refractivity contribution in [1.29, 1.82) is 0 Å². The highest BCUT2D eigenvalue weighted by Crippen LogP contribution is 2.37. The Bertz CT molecular complexity index is 1820. The van der Waals surface area contributed by atoms with Gasteiger partial charge >= 0.3 is 0 Å². The Morgan fingerprint density at radius 3 is 1.30 bits per heavy atom. The first-order valence-corrected chi connectivity index (χ1v) is 14.9. The van der Waals surface area contributed by atoms with Crippen LogP contribution >= 0.6 is 22.7 Å². The third kappa shape index (κ3) is 4.91. The van der Waals surface area contributed by atoms with Crippen molar-refractivity contribution in [2.45, 2.75) is 0 Å². The lowest BCUT2D eigenvalue weighted by atomic mass is 9.95. The van der Waals surface area contributed by atoms with Crippen LogP contribution in [0.25, 0.3) is 68.4 Å². The van der Waals surface area contributed by atoms with Crippen molar-refractivity contribution in [3.8, 4) is 22.3 Å². The minimum absolute atomic E-state index is 0.910. The van der Waals surface area contributed by atoms with E-state index in [1.165, 1.54) is 9.75 Å². The van der Waals surface area contributed by atoms with E-state index in [0.29, 0.717) is 0 Å². The van der Waals surface area contributed by atoms with E-state index in [-0.39, 0.29) is 0 Å². The van der Waals surface area contributed by atoms with Gasteiger partial charge in [-0.05, 0) is 81.6 Å². The summed E-state index contributed by atoms with van der Waals surface area (Å²) in [6.07, 6.45) is 8.48. The number of fused-ring (bicyclic) bond motifs is 3. The fourth-order valence-electron chi connectivity index (χ4n) is 5.01. The van der Waals surface area contributed by atoms with E-state index in [9.17, 15) is 0 Å². The summed E-state index contributed by atoms with van der Waals surface area (Å²) in [6, 6.07) is 38.3. The van der Waals surface area contributed by atoms with E-state index >= 15 is 0 Å². The van der Waals surface area contributed by atoms with Gasteiger partial charge in [0.25, 0.3) is 0 Å². The predicted molar refractivity (Wildman–Crippen MR) is 174 cm³/mol. The summed E-state index contributed by atoms with van der Waals surface area (Å²) in [5, 5.41) is 6.38. The summed E-state index contributed by atoms with van der Waals surface area (Å²) < 4.78 is 0. The Hall–Kier alpha value is -4.64. The number of nitrogens with zero attached hydrogens (tertiary/aromatic N) is 2. The monoisotopic (exact) mass is 548 g/mol. The average Bonchev–Trinajstić information content (AvgIpc) is 3.74. The van der Waals surface area contributed by atoms with Crippen molar-refractivity contribution in [2.24, 2.45) is 0 Å². The Morgan fingerprint density at radius 2 is 0.900 bits per heavy atom. The van der Waals surface area contributed by atoms with E-state index in [2.05, 4.69) is 144 Å². The van der Waals surface area contributed by atoms with Crippen molar-refractivity contribution in [3.63, 3.8) is 0 Å². The van der Waals surface area contributed by atoms with Crippen LogP contribution < -0.4 is 0 Å². The molecule has 3 aromatic carbocycles. The lowest BCUT2D eigenvalue weighted by Gasteiger charge is -2.14. The van der Waals surface area contributed by atoms with Gasteiger partial charge in [-0.1, -0.05) is 84.9 Å². The Kier molecular flexibility index (Phi) is 6.62. The molecular weight excluding hydrogens is 525 g/mol. The van der Waals surface area contributed by atoms with Gasteiger partial charge in [-0.25, -0.2) is 9.97 Å². The van der Waals surface area contributed by atoms with E-state index in [1.54, 1.807) is 22.7 Å². The van der Waals surface area contributed by atoms with Crippen molar-refractivity contribution in [3.05, 3.63) is 141 Å². The molecule has 0 saturated heterocycles. The second-order valence-electron chi connectivity index (χ2n) is 9.48. The molecule has 4 heteroatoms. The number of benzene rings is 3. The molecule has 0 spiro atoms. The van der Waals surface area contributed by atoms with Crippen LogP contribution in [0.5, 0.6) is 0 Å². The second kappa shape index (κ2) is 10.9. The van der Waals surface area contributed by atoms with E-state index < -0.39 is 0 Å². The van der Waals surface area contributed by atoms with Crippen LogP contribution in [0.3, 0.4) is 0 Å². The van der Waals surface area contributed by atoms with Gasteiger partial charge in [-0.2, -0.15) is 0 Å². The van der Waals surface area contributed by atoms with Gasteiger partial charge in [0.05, 0.1) is 22.4 Å². The van der Waals surface area contributed by atoms with Crippen LogP contribution in [0.1, 0.15) is 21.1 Å². The number of hydrogen-bond donors (Lipinski definition) is 0. The normalized spacial score (nSPS) is 11.8. The highest BCUT2D eigenvalue weighted by atomic mass is 32.1. The lowest BCUT2D eigenvalue weighted by Crippen LogP contribution is -1.95. The molecule has 0 aliphatic rings. The first kappa shape index (κ1) is 24.4. The van der Waals surface area contributed by atoms with Gasteiger partial charge < -0.3 is 0 Å². The Balaban J connectivity index is 1.51. The van der Waals surface area contributed by atoms with Crippen molar-refractivity contribution in [1.82, 2.24) is 9.97 Å². The standard InChI is InChI=1S/C36H24N2S2/c1-3-9-25(10-4-1)33-23-27(15-17-29-13-7-21-39-29)37-35-31(33)19-20-32-34(26-11-5-2-6-12-26)24-28(38-36(32)35)16-18-30-14-8-22-40-30/h1-24H/b17-15+,18-16+. The molecule has 0 bridgehead atoms. The molecule has 40 heavy (non-hydrogen) atoms. The van der Waals surface area contributed by atoms with Gasteiger partial charge in [-0.3, -0.25) is 0 Å². The summed E-state index contributed by atoms with van der Waals surface area (Å²) in [5.74, 6) is 0. The van der Waals surface area contributed by atoms with Gasteiger partial charge in [0, 0.05) is 20.5 Å². The van der Waals surface area contributed by atoms with Crippen LogP contribution in [0.15, 0.2) is 120 Å². The molecule has 4 aromatic heterocycles. The molecule has 0 fully saturated rings. The van der Waals surface area contributed by atoms with Gasteiger partial charge in [0.1, 0.15) is 0 Å². The van der Waals surface area contributed by atoms with Crippen molar-refractivity contribution in [2.75, 3.05) is 0 Å². The van der Waals surface area contributed by atoms with E-state index in [1.807, 2.05) is 0 Å². The second-order valence-corrected chi connectivity index (χ2v) is 11.4. The highest BCUT2D eigenvalue weighted by molar-refractivity contribution is 7.11. The van der Waals surface area contributed by atoms with Gasteiger partial charge in [0.15, 0.2) is 0 Å². The maximum Gasteiger partial charge on any atom is 0.0978 e. The number of pyridine rings is 2. The minimum Gasteiger partial charge on any atom is -0.246 e. The molecule has 0 saturated carbocycles. The topological polar surface area (TPSA) is 25.8 Å². The molecule has 7 rings (SSSR count). The predicted octanol–water partition coefficient (Wildman–Crippen LogP) is 10.6. The molecule has 0 aliphatic carbocycles. The first-order valence-electron chi connectivity index (χ1n) is 13.1. The van der Waals surface area contributed by atoms with E-state index in [4.69, 9.17) is 9.97 Å². The molecule has 2 nitrogen and oxygen atoms in total. The van der Waals surface area contributed by atoms with Crippen LogP contribution in [0, 0.1) is 0 Å². The Morgan fingerprint density at radius 1 is 0.450 bits per heavy atom.